The van der Waals surface area contributed by atoms with E-state index in [9.17, 15) is 0 Å². The molecule has 0 aromatic rings. The molecule has 1 saturated heterocycles. The third kappa shape index (κ3) is 4.14. The van der Waals surface area contributed by atoms with Crippen LogP contribution in [0.2, 0.25) is 12.1 Å². The summed E-state index contributed by atoms with van der Waals surface area (Å²) in [5.41, 5.74) is 0. The van der Waals surface area contributed by atoms with Crippen LogP contribution >= 0.6 is 0 Å². The average Bonchev–Trinajstić information content (AvgIpc) is 2.37. The highest BCUT2D eigenvalue weighted by Gasteiger charge is 2.32. The maximum absolute atomic E-state index is 5.61. The first-order valence-electron chi connectivity index (χ1n) is 6.29. The molecule has 5 heteroatoms. The Morgan fingerprint density at radius 2 is 1.81 bits per heavy atom. The van der Waals surface area contributed by atoms with Crippen LogP contribution in [0, 0.1) is 0 Å². The molecular formula is C11H26N2O2Si. The average molecular weight is 246 g/mol. The van der Waals surface area contributed by atoms with E-state index in [0.29, 0.717) is 0 Å². The van der Waals surface area contributed by atoms with Crippen molar-refractivity contribution in [2.75, 3.05) is 46.9 Å². The minimum absolute atomic E-state index is 1.04. The van der Waals surface area contributed by atoms with E-state index in [4.69, 9.17) is 8.85 Å². The topological polar surface area (TPSA) is 33.7 Å². The van der Waals surface area contributed by atoms with Crippen LogP contribution in [0.3, 0.4) is 0 Å². The molecule has 0 unspecified atom stereocenters. The number of nitrogens with one attached hydrogen (secondary N) is 1. The summed E-state index contributed by atoms with van der Waals surface area (Å²) in [6, 6.07) is 2.15. The minimum Gasteiger partial charge on any atom is -0.398 e. The van der Waals surface area contributed by atoms with E-state index in [1.807, 2.05) is 0 Å². The molecule has 0 aliphatic carbocycles. The highest BCUT2D eigenvalue weighted by atomic mass is 28.4. The number of rotatable bonds is 7. The summed E-state index contributed by atoms with van der Waals surface area (Å²) in [6.45, 7) is 7.98. The maximum Gasteiger partial charge on any atom is 0.337 e. The van der Waals surface area contributed by atoms with Gasteiger partial charge in [-0.1, -0.05) is 6.92 Å². The van der Waals surface area contributed by atoms with Crippen LogP contribution in [-0.2, 0) is 8.85 Å². The smallest absolute Gasteiger partial charge is 0.337 e. The number of hydrogen-bond acceptors (Lipinski definition) is 4. The monoisotopic (exact) mass is 246 g/mol. The third-order valence-electron chi connectivity index (χ3n) is 3.52. The van der Waals surface area contributed by atoms with Gasteiger partial charge in [0.2, 0.25) is 0 Å². The Hall–Kier alpha value is 0.0569. The minimum atomic E-state index is -1.84. The summed E-state index contributed by atoms with van der Waals surface area (Å²) in [5.74, 6) is 0. The summed E-state index contributed by atoms with van der Waals surface area (Å²) >= 11 is 0. The molecule has 1 heterocycles. The fraction of sp³-hybridized carbons (Fsp3) is 1.00. The second kappa shape index (κ2) is 7.40. The molecule has 1 rings (SSSR count). The lowest BCUT2D eigenvalue weighted by molar-refractivity contribution is 0.223. The molecule has 0 aromatic carbocycles. The largest absolute Gasteiger partial charge is 0.398 e. The highest BCUT2D eigenvalue weighted by molar-refractivity contribution is 6.67. The van der Waals surface area contributed by atoms with E-state index >= 15 is 0 Å². The maximum atomic E-state index is 5.61. The molecule has 0 radical (unpaired) electrons. The van der Waals surface area contributed by atoms with Gasteiger partial charge in [-0.15, -0.1) is 0 Å². The molecule has 0 saturated carbocycles. The molecule has 0 atom stereocenters. The Morgan fingerprint density at radius 1 is 1.19 bits per heavy atom. The van der Waals surface area contributed by atoms with Crippen molar-refractivity contribution < 1.29 is 8.85 Å². The van der Waals surface area contributed by atoms with Crippen molar-refractivity contribution in [1.82, 2.24) is 10.2 Å². The van der Waals surface area contributed by atoms with Crippen LogP contribution in [0.4, 0.5) is 0 Å². The first kappa shape index (κ1) is 14.1. The van der Waals surface area contributed by atoms with Crippen molar-refractivity contribution >= 4 is 8.56 Å². The van der Waals surface area contributed by atoms with E-state index in [1.54, 1.807) is 14.2 Å². The second-order valence-electron chi connectivity index (χ2n) is 4.37. The van der Waals surface area contributed by atoms with E-state index in [-0.39, 0.29) is 0 Å². The predicted octanol–water partition coefficient (Wildman–Crippen LogP) is 1.04. The van der Waals surface area contributed by atoms with Crippen LogP contribution < -0.4 is 5.32 Å². The second-order valence-corrected chi connectivity index (χ2v) is 8.21. The van der Waals surface area contributed by atoms with Gasteiger partial charge in [-0.2, -0.15) is 0 Å². The molecule has 0 spiro atoms. The normalized spacial score (nSPS) is 18.9. The quantitative estimate of drug-likeness (QED) is 0.681. The summed E-state index contributed by atoms with van der Waals surface area (Å²) in [4.78, 5) is 2.52. The van der Waals surface area contributed by atoms with Gasteiger partial charge in [0.1, 0.15) is 0 Å². The number of nitrogens with zero attached hydrogens (tertiary/aromatic N) is 1. The lowest BCUT2D eigenvalue weighted by Crippen LogP contribution is -2.45. The van der Waals surface area contributed by atoms with E-state index < -0.39 is 8.56 Å². The molecule has 0 aromatic heterocycles. The van der Waals surface area contributed by atoms with Gasteiger partial charge in [-0.05, 0) is 25.1 Å². The Labute approximate surface area is 101 Å². The molecule has 4 nitrogen and oxygen atoms in total. The Kier molecular flexibility index (Phi) is 6.53. The van der Waals surface area contributed by atoms with Gasteiger partial charge in [0.25, 0.3) is 0 Å². The van der Waals surface area contributed by atoms with E-state index in [1.165, 1.54) is 26.1 Å². The SMILES string of the molecule is CC[Si](CCCN1CCNCC1)(OC)OC. The van der Waals surface area contributed by atoms with Gasteiger partial charge in [-0.25, -0.2) is 0 Å². The van der Waals surface area contributed by atoms with Crippen LogP contribution in [0.15, 0.2) is 0 Å². The standard InChI is InChI=1S/C11H26N2O2Si/c1-4-16(14-2,15-3)11-5-8-13-9-6-12-7-10-13/h12H,4-11H2,1-3H3. The van der Waals surface area contributed by atoms with Crippen molar-refractivity contribution in [1.29, 1.82) is 0 Å². The first-order chi connectivity index (χ1) is 7.76. The van der Waals surface area contributed by atoms with Crippen molar-refractivity contribution in [2.24, 2.45) is 0 Å². The molecule has 1 aliphatic heterocycles. The van der Waals surface area contributed by atoms with Gasteiger partial charge in [-0.3, -0.25) is 0 Å². The fourth-order valence-corrected chi connectivity index (χ4v) is 4.46. The molecular weight excluding hydrogens is 220 g/mol. The summed E-state index contributed by atoms with van der Waals surface area (Å²) in [7, 11) is 1.75. The van der Waals surface area contributed by atoms with Crippen LogP contribution in [0.25, 0.3) is 0 Å². The fourth-order valence-electron chi connectivity index (χ4n) is 2.26. The van der Waals surface area contributed by atoms with Crippen LogP contribution in [-0.4, -0.2) is 60.4 Å². The number of piperazine rings is 1. The molecule has 0 bridgehead atoms. The first-order valence-corrected chi connectivity index (χ1v) is 8.53. The molecule has 0 amide bonds. The van der Waals surface area contributed by atoms with Crippen molar-refractivity contribution in [3.63, 3.8) is 0 Å². The third-order valence-corrected chi connectivity index (χ3v) is 7.21. The summed E-state index contributed by atoms with van der Waals surface area (Å²) in [5, 5.41) is 3.37. The Morgan fingerprint density at radius 3 is 2.31 bits per heavy atom. The van der Waals surface area contributed by atoms with E-state index in [0.717, 1.165) is 25.2 Å². The van der Waals surface area contributed by atoms with Gasteiger partial charge in [0, 0.05) is 40.4 Å². The summed E-state index contributed by atoms with van der Waals surface area (Å²) in [6.07, 6.45) is 1.20. The van der Waals surface area contributed by atoms with Crippen molar-refractivity contribution in [3.8, 4) is 0 Å². The van der Waals surface area contributed by atoms with Gasteiger partial charge >= 0.3 is 8.56 Å². The lowest BCUT2D eigenvalue weighted by Gasteiger charge is -2.30. The molecule has 16 heavy (non-hydrogen) atoms. The van der Waals surface area contributed by atoms with Crippen molar-refractivity contribution in [2.45, 2.75) is 25.4 Å². The zero-order chi connectivity index (χ0) is 11.9. The molecule has 1 fully saturated rings. The zero-order valence-corrected chi connectivity index (χ0v) is 11.9. The molecule has 96 valence electrons. The lowest BCUT2D eigenvalue weighted by atomic mass is 10.3. The van der Waals surface area contributed by atoms with Gasteiger partial charge in [0.15, 0.2) is 0 Å². The summed E-state index contributed by atoms with van der Waals surface area (Å²) < 4.78 is 11.2. The molecule has 1 N–H and O–H groups in total. The predicted molar refractivity (Wildman–Crippen MR) is 69.0 cm³/mol. The number of hydrogen-bond donors (Lipinski definition) is 1. The Bertz CT molecular complexity index is 175. The molecule has 1 aliphatic rings. The van der Waals surface area contributed by atoms with Gasteiger partial charge < -0.3 is 19.1 Å². The van der Waals surface area contributed by atoms with E-state index in [2.05, 4.69) is 17.1 Å². The van der Waals surface area contributed by atoms with Crippen molar-refractivity contribution in [3.05, 3.63) is 0 Å². The highest BCUT2D eigenvalue weighted by Crippen LogP contribution is 2.19. The van der Waals surface area contributed by atoms with Crippen LogP contribution in [0.5, 0.6) is 0 Å². The zero-order valence-electron chi connectivity index (χ0n) is 10.9. The Balaban J connectivity index is 2.21. The van der Waals surface area contributed by atoms with Gasteiger partial charge in [0.05, 0.1) is 0 Å². The van der Waals surface area contributed by atoms with Crippen LogP contribution in [0.1, 0.15) is 13.3 Å².